The summed E-state index contributed by atoms with van der Waals surface area (Å²) in [5.74, 6) is 3.19. The van der Waals surface area contributed by atoms with E-state index in [2.05, 4.69) is 68.2 Å². The van der Waals surface area contributed by atoms with Crippen LogP contribution in [0.15, 0.2) is 45.3 Å². The molecule has 0 amide bonds. The summed E-state index contributed by atoms with van der Waals surface area (Å²) in [6.07, 6.45) is 5.22. The third-order valence-corrected chi connectivity index (χ3v) is 4.05. The number of aryl methyl sites for hydroxylation is 1. The number of halogens is 2. The van der Waals surface area contributed by atoms with Gasteiger partial charge in [0, 0.05) is 12.2 Å². The van der Waals surface area contributed by atoms with Crippen LogP contribution in [-0.2, 0) is 6.54 Å². The predicted octanol–water partition coefficient (Wildman–Crippen LogP) is 5.14. The Hall–Kier alpha value is -1.44. The number of anilines is 1. The Balaban J connectivity index is 2.09. The second kappa shape index (κ2) is 7.53. The Morgan fingerprint density at radius 1 is 1.19 bits per heavy atom. The van der Waals surface area contributed by atoms with Crippen molar-refractivity contribution in [1.29, 1.82) is 0 Å². The molecule has 0 bridgehead atoms. The number of hydrogen-bond acceptors (Lipinski definition) is 2. The molecular weight excluding hydrogens is 394 g/mol. The van der Waals surface area contributed by atoms with E-state index >= 15 is 0 Å². The molecule has 2 aromatic carbocycles. The summed E-state index contributed by atoms with van der Waals surface area (Å²) in [5.41, 5.74) is 3.48. The Morgan fingerprint density at radius 3 is 2.52 bits per heavy atom. The van der Waals surface area contributed by atoms with Gasteiger partial charge in [0.15, 0.2) is 0 Å². The molecule has 0 radical (unpaired) electrons. The van der Waals surface area contributed by atoms with Gasteiger partial charge in [-0.05, 0) is 74.2 Å². The van der Waals surface area contributed by atoms with E-state index in [1.54, 1.807) is 0 Å². The van der Waals surface area contributed by atoms with Crippen molar-refractivity contribution in [3.05, 3.63) is 56.5 Å². The van der Waals surface area contributed by atoms with E-state index in [4.69, 9.17) is 11.2 Å². The van der Waals surface area contributed by atoms with Gasteiger partial charge in [0.2, 0.25) is 0 Å². The van der Waals surface area contributed by atoms with Crippen LogP contribution in [0.1, 0.15) is 11.1 Å². The first kappa shape index (κ1) is 15.9. The fourth-order valence-electron chi connectivity index (χ4n) is 1.93. The molecule has 0 atom stereocenters. The summed E-state index contributed by atoms with van der Waals surface area (Å²) >= 11 is 7.03. The molecule has 0 aliphatic carbocycles. The molecule has 0 aromatic heterocycles. The fraction of sp³-hybridized carbons (Fsp3) is 0.176. The van der Waals surface area contributed by atoms with Crippen LogP contribution in [0.3, 0.4) is 0 Å². The highest BCUT2D eigenvalue weighted by Gasteiger charge is 2.08. The minimum absolute atomic E-state index is 0.248. The fourth-order valence-corrected chi connectivity index (χ4v) is 3.44. The third kappa shape index (κ3) is 4.52. The van der Waals surface area contributed by atoms with Gasteiger partial charge in [-0.25, -0.2) is 0 Å². The Bertz CT molecular complexity index is 654. The van der Waals surface area contributed by atoms with Gasteiger partial charge in [0.05, 0.1) is 8.95 Å². The molecular formula is C17H15Br2NO. The molecule has 0 spiro atoms. The lowest BCUT2D eigenvalue weighted by atomic mass is 10.2. The highest BCUT2D eigenvalue weighted by Crippen LogP contribution is 2.35. The maximum Gasteiger partial charge on any atom is 0.149 e. The highest BCUT2D eigenvalue weighted by atomic mass is 79.9. The number of benzene rings is 2. The first-order valence-electron chi connectivity index (χ1n) is 6.45. The maximum absolute atomic E-state index is 5.50. The zero-order valence-electron chi connectivity index (χ0n) is 11.6. The van der Waals surface area contributed by atoms with Gasteiger partial charge in [-0.1, -0.05) is 18.1 Å². The molecule has 2 rings (SSSR count). The summed E-state index contributed by atoms with van der Waals surface area (Å²) in [5, 5.41) is 3.40. The van der Waals surface area contributed by atoms with Gasteiger partial charge in [-0.3, -0.25) is 0 Å². The zero-order valence-corrected chi connectivity index (χ0v) is 14.8. The summed E-state index contributed by atoms with van der Waals surface area (Å²) in [6, 6.07) is 12.4. The largest absolute Gasteiger partial charge is 0.479 e. The molecule has 0 aliphatic rings. The first-order valence-corrected chi connectivity index (χ1v) is 8.03. The van der Waals surface area contributed by atoms with E-state index in [0.717, 1.165) is 32.5 Å². The quantitative estimate of drug-likeness (QED) is 0.691. The number of terminal acetylenes is 1. The van der Waals surface area contributed by atoms with Gasteiger partial charge in [0.1, 0.15) is 12.4 Å². The molecule has 21 heavy (non-hydrogen) atoms. The van der Waals surface area contributed by atoms with Crippen molar-refractivity contribution < 1.29 is 4.74 Å². The van der Waals surface area contributed by atoms with Crippen LogP contribution < -0.4 is 10.1 Å². The van der Waals surface area contributed by atoms with E-state index in [1.165, 1.54) is 5.56 Å². The second-order valence-corrected chi connectivity index (χ2v) is 6.31. The normalized spacial score (nSPS) is 10.0. The van der Waals surface area contributed by atoms with E-state index in [0.29, 0.717) is 0 Å². The molecule has 0 aliphatic heterocycles. The minimum atomic E-state index is 0.248. The van der Waals surface area contributed by atoms with Crippen LogP contribution in [-0.4, -0.2) is 6.61 Å². The number of hydrogen-bond donors (Lipinski definition) is 1. The monoisotopic (exact) mass is 407 g/mol. The van der Waals surface area contributed by atoms with Gasteiger partial charge in [-0.15, -0.1) is 6.42 Å². The summed E-state index contributed by atoms with van der Waals surface area (Å²) in [7, 11) is 0. The smallest absolute Gasteiger partial charge is 0.149 e. The van der Waals surface area contributed by atoms with Gasteiger partial charge in [-0.2, -0.15) is 0 Å². The average Bonchev–Trinajstić information content (AvgIpc) is 2.44. The van der Waals surface area contributed by atoms with Gasteiger partial charge < -0.3 is 10.1 Å². The van der Waals surface area contributed by atoms with Crippen LogP contribution in [0.2, 0.25) is 0 Å². The van der Waals surface area contributed by atoms with E-state index in [-0.39, 0.29) is 6.61 Å². The van der Waals surface area contributed by atoms with Crippen molar-refractivity contribution in [2.45, 2.75) is 13.5 Å². The Morgan fingerprint density at radius 2 is 1.90 bits per heavy atom. The lowest BCUT2D eigenvalue weighted by Gasteiger charge is -2.12. The van der Waals surface area contributed by atoms with E-state index < -0.39 is 0 Å². The van der Waals surface area contributed by atoms with Crippen molar-refractivity contribution in [3.63, 3.8) is 0 Å². The topological polar surface area (TPSA) is 21.3 Å². The molecule has 0 saturated carbocycles. The van der Waals surface area contributed by atoms with Crippen LogP contribution >= 0.6 is 31.9 Å². The minimum Gasteiger partial charge on any atom is -0.479 e. The molecule has 0 fully saturated rings. The molecule has 108 valence electrons. The first-order chi connectivity index (χ1) is 10.1. The SMILES string of the molecule is C#CCOc1c(Br)cc(CNc2cccc(C)c2)cc1Br. The molecule has 1 N–H and O–H groups in total. The van der Waals surface area contributed by atoms with Crippen molar-refractivity contribution >= 4 is 37.5 Å². The maximum atomic E-state index is 5.50. The Kier molecular flexibility index (Phi) is 5.72. The zero-order chi connectivity index (χ0) is 15.2. The number of rotatable bonds is 5. The summed E-state index contributed by atoms with van der Waals surface area (Å²) in [4.78, 5) is 0. The average molecular weight is 409 g/mol. The summed E-state index contributed by atoms with van der Waals surface area (Å²) in [6.45, 7) is 3.06. The lowest BCUT2D eigenvalue weighted by Crippen LogP contribution is -2.01. The highest BCUT2D eigenvalue weighted by molar-refractivity contribution is 9.11. The van der Waals surface area contributed by atoms with Gasteiger partial charge >= 0.3 is 0 Å². The van der Waals surface area contributed by atoms with Gasteiger partial charge in [0.25, 0.3) is 0 Å². The molecule has 0 saturated heterocycles. The third-order valence-electron chi connectivity index (χ3n) is 2.87. The predicted molar refractivity (Wildman–Crippen MR) is 94.7 cm³/mol. The summed E-state index contributed by atoms with van der Waals surface area (Å²) < 4.78 is 7.27. The molecule has 2 aromatic rings. The van der Waals surface area contributed by atoms with Crippen LogP contribution in [0, 0.1) is 19.3 Å². The lowest BCUT2D eigenvalue weighted by molar-refractivity contribution is 0.365. The van der Waals surface area contributed by atoms with Crippen molar-refractivity contribution in [2.75, 3.05) is 11.9 Å². The number of ether oxygens (including phenoxy) is 1. The van der Waals surface area contributed by atoms with Crippen LogP contribution in [0.5, 0.6) is 5.75 Å². The van der Waals surface area contributed by atoms with E-state index in [9.17, 15) is 0 Å². The van der Waals surface area contributed by atoms with E-state index in [1.807, 2.05) is 18.2 Å². The molecule has 0 heterocycles. The second-order valence-electron chi connectivity index (χ2n) is 4.60. The van der Waals surface area contributed by atoms with Crippen molar-refractivity contribution in [3.8, 4) is 18.1 Å². The molecule has 0 unspecified atom stereocenters. The van der Waals surface area contributed by atoms with Crippen molar-refractivity contribution in [2.24, 2.45) is 0 Å². The number of nitrogens with one attached hydrogen (secondary N) is 1. The van der Waals surface area contributed by atoms with Crippen LogP contribution in [0.4, 0.5) is 5.69 Å². The Labute approximate surface area is 142 Å². The molecule has 2 nitrogen and oxygen atoms in total. The standard InChI is InChI=1S/C17H15Br2NO/c1-3-7-21-17-15(18)9-13(10-16(17)19)11-20-14-6-4-5-12(2)8-14/h1,4-6,8-10,20H,7,11H2,2H3. The van der Waals surface area contributed by atoms with Crippen molar-refractivity contribution in [1.82, 2.24) is 0 Å². The van der Waals surface area contributed by atoms with Crippen LogP contribution in [0.25, 0.3) is 0 Å². The molecule has 4 heteroatoms.